The van der Waals surface area contributed by atoms with E-state index in [0.717, 1.165) is 16.9 Å². The van der Waals surface area contributed by atoms with Gasteiger partial charge in [0.15, 0.2) is 9.84 Å². The van der Waals surface area contributed by atoms with Gasteiger partial charge in [-0.25, -0.2) is 8.42 Å². The molecule has 4 heteroatoms. The molecule has 0 spiro atoms. The molecule has 0 unspecified atom stereocenters. The molecular formula is C13H18O3S. The van der Waals surface area contributed by atoms with Crippen molar-refractivity contribution in [3.63, 3.8) is 0 Å². The highest BCUT2D eigenvalue weighted by Gasteiger charge is 2.35. The summed E-state index contributed by atoms with van der Waals surface area (Å²) < 4.78 is 28.0. The molecule has 1 aromatic rings. The van der Waals surface area contributed by atoms with E-state index in [-0.39, 0.29) is 17.6 Å². The second kappa shape index (κ2) is 4.33. The Bertz CT molecular complexity index is 505. The Morgan fingerprint density at radius 2 is 1.94 bits per heavy atom. The maximum Gasteiger partial charge on any atom is 0.157 e. The maximum absolute atomic E-state index is 11.1. The molecule has 0 N–H and O–H groups in total. The molecule has 3 nitrogen and oxygen atoms in total. The number of sulfone groups is 1. The Morgan fingerprint density at radius 3 is 2.47 bits per heavy atom. The summed E-state index contributed by atoms with van der Waals surface area (Å²) in [4.78, 5) is 0. The van der Waals surface area contributed by atoms with Gasteiger partial charge in [0.1, 0.15) is 11.9 Å². The lowest BCUT2D eigenvalue weighted by Gasteiger charge is -2.28. The summed E-state index contributed by atoms with van der Waals surface area (Å²) in [6, 6.07) is 6.10. The lowest BCUT2D eigenvalue weighted by atomic mass is 10.0. The molecule has 0 saturated carbocycles. The molecule has 1 aliphatic heterocycles. The summed E-state index contributed by atoms with van der Waals surface area (Å²) in [6.45, 7) is 6.22. The van der Waals surface area contributed by atoms with E-state index in [0.29, 0.717) is 5.92 Å². The lowest BCUT2D eigenvalue weighted by Crippen LogP contribution is -2.45. The molecule has 94 valence electrons. The molecule has 0 aliphatic carbocycles. The van der Waals surface area contributed by atoms with Crippen molar-refractivity contribution in [1.82, 2.24) is 0 Å². The average Bonchev–Trinajstić information content (AvgIpc) is 2.14. The summed E-state index contributed by atoms with van der Waals surface area (Å²) in [7, 11) is -2.82. The van der Waals surface area contributed by atoms with Crippen molar-refractivity contribution in [1.29, 1.82) is 0 Å². The number of hydrogen-bond acceptors (Lipinski definition) is 3. The Kier molecular flexibility index (Phi) is 3.17. The van der Waals surface area contributed by atoms with E-state index < -0.39 is 9.84 Å². The van der Waals surface area contributed by atoms with Crippen LogP contribution in [-0.2, 0) is 9.84 Å². The molecule has 2 rings (SSSR count). The van der Waals surface area contributed by atoms with Crippen molar-refractivity contribution in [3.8, 4) is 5.75 Å². The Balaban J connectivity index is 2.17. The summed E-state index contributed by atoms with van der Waals surface area (Å²) >= 11 is 0. The number of benzene rings is 1. The molecule has 1 heterocycles. The van der Waals surface area contributed by atoms with Gasteiger partial charge >= 0.3 is 0 Å². The number of ether oxygens (including phenoxy) is 1. The van der Waals surface area contributed by atoms with Gasteiger partial charge in [0.2, 0.25) is 0 Å². The zero-order valence-electron chi connectivity index (χ0n) is 10.4. The predicted molar refractivity (Wildman–Crippen MR) is 68.3 cm³/mol. The minimum Gasteiger partial charge on any atom is -0.488 e. The minimum atomic E-state index is -2.82. The largest absolute Gasteiger partial charge is 0.488 e. The van der Waals surface area contributed by atoms with E-state index in [4.69, 9.17) is 4.74 Å². The molecule has 0 aromatic heterocycles. The van der Waals surface area contributed by atoms with Crippen LogP contribution < -0.4 is 4.74 Å². The quantitative estimate of drug-likeness (QED) is 0.831. The van der Waals surface area contributed by atoms with E-state index in [1.54, 1.807) is 0 Å². The van der Waals surface area contributed by atoms with Crippen molar-refractivity contribution in [2.75, 3.05) is 11.5 Å². The van der Waals surface area contributed by atoms with Gasteiger partial charge in [0.05, 0.1) is 11.5 Å². The van der Waals surface area contributed by atoms with Crippen LogP contribution in [0.3, 0.4) is 0 Å². The number of aryl methyl sites for hydroxylation is 1. The Labute approximate surface area is 103 Å². The van der Waals surface area contributed by atoms with E-state index in [9.17, 15) is 8.42 Å². The van der Waals surface area contributed by atoms with Crippen LogP contribution >= 0.6 is 0 Å². The number of hydrogen-bond donors (Lipinski definition) is 0. The highest BCUT2D eigenvalue weighted by Crippen LogP contribution is 2.30. The third kappa shape index (κ3) is 2.80. The van der Waals surface area contributed by atoms with Crippen molar-refractivity contribution in [2.24, 2.45) is 0 Å². The SMILES string of the molecule is Cc1ccc(C(C)C)c(OC2CS(=O)(=O)C2)c1. The predicted octanol–water partition coefficient (Wildman–Crippen LogP) is 2.29. The van der Waals surface area contributed by atoms with Gasteiger partial charge in [-0.05, 0) is 30.0 Å². The van der Waals surface area contributed by atoms with E-state index in [1.807, 2.05) is 13.0 Å². The van der Waals surface area contributed by atoms with Crippen LogP contribution in [0.15, 0.2) is 18.2 Å². The molecule has 0 atom stereocenters. The minimum absolute atomic E-state index is 0.151. The van der Waals surface area contributed by atoms with Crippen LogP contribution in [0.2, 0.25) is 0 Å². The van der Waals surface area contributed by atoms with Gasteiger partial charge in [0.25, 0.3) is 0 Å². The fourth-order valence-electron chi connectivity index (χ4n) is 1.99. The fraction of sp³-hybridized carbons (Fsp3) is 0.538. The molecule has 0 radical (unpaired) electrons. The highest BCUT2D eigenvalue weighted by molar-refractivity contribution is 7.92. The van der Waals surface area contributed by atoms with Crippen LogP contribution in [0, 0.1) is 6.92 Å². The molecule has 1 aliphatic rings. The molecule has 0 amide bonds. The van der Waals surface area contributed by atoms with Crippen LogP contribution in [0.1, 0.15) is 30.9 Å². The van der Waals surface area contributed by atoms with Crippen molar-refractivity contribution in [3.05, 3.63) is 29.3 Å². The fourth-order valence-corrected chi connectivity index (χ4v) is 3.16. The average molecular weight is 254 g/mol. The van der Waals surface area contributed by atoms with Crippen LogP contribution in [-0.4, -0.2) is 26.0 Å². The standard InChI is InChI=1S/C13H18O3S/c1-9(2)12-5-4-10(3)6-13(12)16-11-7-17(14,15)8-11/h4-6,9,11H,7-8H2,1-3H3. The first-order valence-corrected chi connectivity index (χ1v) is 7.67. The topological polar surface area (TPSA) is 43.4 Å². The van der Waals surface area contributed by atoms with Crippen molar-refractivity contribution >= 4 is 9.84 Å². The van der Waals surface area contributed by atoms with E-state index in [1.165, 1.54) is 0 Å². The lowest BCUT2D eigenvalue weighted by molar-refractivity contribution is 0.227. The van der Waals surface area contributed by atoms with Gasteiger partial charge < -0.3 is 4.74 Å². The summed E-state index contributed by atoms with van der Waals surface area (Å²) in [5, 5.41) is 0. The molecular weight excluding hydrogens is 236 g/mol. The van der Waals surface area contributed by atoms with Crippen LogP contribution in [0.25, 0.3) is 0 Å². The molecule has 1 saturated heterocycles. The van der Waals surface area contributed by atoms with Crippen LogP contribution in [0.4, 0.5) is 0 Å². The Hall–Kier alpha value is -1.03. The van der Waals surface area contributed by atoms with Crippen molar-refractivity contribution < 1.29 is 13.2 Å². The van der Waals surface area contributed by atoms with E-state index >= 15 is 0 Å². The monoisotopic (exact) mass is 254 g/mol. The summed E-state index contributed by atoms with van der Waals surface area (Å²) in [6.07, 6.45) is -0.167. The third-order valence-electron chi connectivity index (χ3n) is 2.96. The van der Waals surface area contributed by atoms with Gasteiger partial charge in [-0.1, -0.05) is 26.0 Å². The molecule has 0 bridgehead atoms. The first-order chi connectivity index (χ1) is 7.87. The first kappa shape index (κ1) is 12.4. The second-order valence-corrected chi connectivity index (χ2v) is 7.17. The van der Waals surface area contributed by atoms with Crippen LogP contribution in [0.5, 0.6) is 5.75 Å². The van der Waals surface area contributed by atoms with Gasteiger partial charge in [-0.2, -0.15) is 0 Å². The van der Waals surface area contributed by atoms with Crippen molar-refractivity contribution in [2.45, 2.75) is 32.8 Å². The number of rotatable bonds is 3. The summed E-state index contributed by atoms with van der Waals surface area (Å²) in [5.41, 5.74) is 2.27. The first-order valence-electron chi connectivity index (χ1n) is 5.85. The summed E-state index contributed by atoms with van der Waals surface area (Å²) in [5.74, 6) is 1.51. The third-order valence-corrected chi connectivity index (χ3v) is 4.72. The maximum atomic E-state index is 11.1. The highest BCUT2D eigenvalue weighted by atomic mass is 32.2. The molecule has 1 aromatic carbocycles. The van der Waals surface area contributed by atoms with Gasteiger partial charge in [-0.3, -0.25) is 0 Å². The van der Waals surface area contributed by atoms with Gasteiger partial charge in [0, 0.05) is 0 Å². The van der Waals surface area contributed by atoms with E-state index in [2.05, 4.69) is 26.0 Å². The molecule has 1 fully saturated rings. The normalized spacial score (nSPS) is 19.1. The zero-order valence-corrected chi connectivity index (χ0v) is 11.3. The Morgan fingerprint density at radius 1 is 1.29 bits per heavy atom. The molecule has 17 heavy (non-hydrogen) atoms. The van der Waals surface area contributed by atoms with Gasteiger partial charge in [-0.15, -0.1) is 0 Å². The second-order valence-electron chi connectivity index (χ2n) is 5.01. The zero-order chi connectivity index (χ0) is 12.6. The smallest absolute Gasteiger partial charge is 0.157 e.